The van der Waals surface area contributed by atoms with Crippen LogP contribution in [0.2, 0.25) is 0 Å². The molecule has 0 fully saturated rings. The zero-order valence-corrected chi connectivity index (χ0v) is 8.41. The number of aromatic nitrogens is 1. The highest BCUT2D eigenvalue weighted by atomic mass is 14.9. The first-order valence-corrected chi connectivity index (χ1v) is 4.40. The average molecular weight is 190 g/mol. The second-order valence-corrected chi connectivity index (χ2v) is 3.88. The largest absolute Gasteiger partial charge is 0.383 e. The van der Waals surface area contributed by atoms with Gasteiger partial charge in [-0.1, -0.05) is 0 Å². The van der Waals surface area contributed by atoms with Gasteiger partial charge in [-0.15, -0.1) is 0 Å². The molecule has 0 saturated heterocycles. The van der Waals surface area contributed by atoms with E-state index in [1.54, 1.807) is 12.3 Å². The Kier molecular flexibility index (Phi) is 3.05. The second kappa shape index (κ2) is 4.07. The maximum absolute atomic E-state index is 8.63. The summed E-state index contributed by atoms with van der Waals surface area (Å²) in [6.07, 6.45) is 1.60. The predicted molar refractivity (Wildman–Crippen MR) is 55.7 cm³/mol. The first-order valence-electron chi connectivity index (χ1n) is 4.40. The van der Waals surface area contributed by atoms with E-state index in [0.29, 0.717) is 12.2 Å². The van der Waals surface area contributed by atoms with Gasteiger partial charge in [0, 0.05) is 24.0 Å². The Balaban J connectivity index is 2.65. The number of nitrogens with zero attached hydrogens (tertiary/aromatic N) is 2. The molecule has 14 heavy (non-hydrogen) atoms. The van der Waals surface area contributed by atoms with Crippen LogP contribution in [0.5, 0.6) is 0 Å². The molecule has 3 N–H and O–H groups in total. The molecule has 0 unspecified atom stereocenters. The summed E-state index contributed by atoms with van der Waals surface area (Å²) in [5.41, 5.74) is 6.82. The van der Waals surface area contributed by atoms with Crippen molar-refractivity contribution in [2.24, 2.45) is 5.73 Å². The quantitative estimate of drug-likeness (QED) is 0.748. The van der Waals surface area contributed by atoms with Crippen molar-refractivity contribution in [3.05, 3.63) is 24.0 Å². The van der Waals surface area contributed by atoms with Crippen LogP contribution in [0.15, 0.2) is 18.3 Å². The van der Waals surface area contributed by atoms with Gasteiger partial charge in [0.25, 0.3) is 0 Å². The van der Waals surface area contributed by atoms with Crippen LogP contribution in [0.4, 0.5) is 5.69 Å². The Morgan fingerprint density at radius 2 is 2.36 bits per heavy atom. The number of pyridine rings is 1. The molecule has 1 aromatic heterocycles. The standard InChI is InChI=1S/C10H14N4/c1-10(2,12)7-14-8-3-4-13-9(5-8)6-11/h3-5H,7,12H2,1-2H3,(H,13,14). The molecule has 0 saturated carbocycles. The summed E-state index contributed by atoms with van der Waals surface area (Å²) >= 11 is 0. The fraction of sp³-hybridized carbons (Fsp3) is 0.400. The number of nitrogens with one attached hydrogen (secondary N) is 1. The summed E-state index contributed by atoms with van der Waals surface area (Å²) in [5.74, 6) is 0. The van der Waals surface area contributed by atoms with Crippen LogP contribution in [-0.4, -0.2) is 17.1 Å². The van der Waals surface area contributed by atoms with Crippen LogP contribution in [0.25, 0.3) is 0 Å². The van der Waals surface area contributed by atoms with Crippen molar-refractivity contribution in [2.75, 3.05) is 11.9 Å². The third kappa shape index (κ3) is 3.42. The molecule has 74 valence electrons. The summed E-state index contributed by atoms with van der Waals surface area (Å²) in [4.78, 5) is 3.87. The van der Waals surface area contributed by atoms with E-state index in [0.717, 1.165) is 5.69 Å². The molecular formula is C10H14N4. The molecule has 1 rings (SSSR count). The lowest BCUT2D eigenvalue weighted by molar-refractivity contribution is 0.549. The molecule has 4 heteroatoms. The molecular weight excluding hydrogens is 176 g/mol. The molecule has 1 heterocycles. The molecule has 0 amide bonds. The van der Waals surface area contributed by atoms with Gasteiger partial charge < -0.3 is 11.1 Å². The van der Waals surface area contributed by atoms with Crippen molar-refractivity contribution in [2.45, 2.75) is 19.4 Å². The number of rotatable bonds is 3. The van der Waals surface area contributed by atoms with E-state index in [4.69, 9.17) is 11.0 Å². The molecule has 0 radical (unpaired) electrons. The molecule has 0 bridgehead atoms. The van der Waals surface area contributed by atoms with E-state index >= 15 is 0 Å². The van der Waals surface area contributed by atoms with E-state index in [-0.39, 0.29) is 5.54 Å². The van der Waals surface area contributed by atoms with Crippen LogP contribution < -0.4 is 11.1 Å². The highest BCUT2D eigenvalue weighted by molar-refractivity contribution is 5.46. The Morgan fingerprint density at radius 3 is 2.93 bits per heavy atom. The van der Waals surface area contributed by atoms with Gasteiger partial charge in [0.2, 0.25) is 0 Å². The van der Waals surface area contributed by atoms with Crippen LogP contribution in [-0.2, 0) is 0 Å². The van der Waals surface area contributed by atoms with Gasteiger partial charge >= 0.3 is 0 Å². The molecule has 1 aromatic rings. The topological polar surface area (TPSA) is 74.7 Å². The van der Waals surface area contributed by atoms with E-state index in [1.165, 1.54) is 0 Å². The molecule has 0 aliphatic rings. The van der Waals surface area contributed by atoms with E-state index in [1.807, 2.05) is 26.0 Å². The molecule has 4 nitrogen and oxygen atoms in total. The van der Waals surface area contributed by atoms with Gasteiger partial charge in [-0.3, -0.25) is 0 Å². The zero-order valence-electron chi connectivity index (χ0n) is 8.41. The zero-order chi connectivity index (χ0) is 10.6. The number of nitriles is 1. The number of nitrogens with two attached hydrogens (primary N) is 1. The number of anilines is 1. The highest BCUT2D eigenvalue weighted by Crippen LogP contribution is 2.08. The minimum absolute atomic E-state index is 0.268. The van der Waals surface area contributed by atoms with Gasteiger partial charge in [-0.05, 0) is 26.0 Å². The van der Waals surface area contributed by atoms with Crippen molar-refractivity contribution < 1.29 is 0 Å². The van der Waals surface area contributed by atoms with Crippen molar-refractivity contribution in [3.8, 4) is 6.07 Å². The summed E-state index contributed by atoms with van der Waals surface area (Å²) in [6.45, 7) is 4.53. The molecule has 0 aromatic carbocycles. The van der Waals surface area contributed by atoms with Gasteiger partial charge in [0.05, 0.1) is 0 Å². The third-order valence-corrected chi connectivity index (χ3v) is 1.62. The van der Waals surface area contributed by atoms with Gasteiger partial charge in [0.1, 0.15) is 11.8 Å². The average Bonchev–Trinajstić information content (AvgIpc) is 2.14. The van der Waals surface area contributed by atoms with E-state index < -0.39 is 0 Å². The monoisotopic (exact) mass is 190 g/mol. The van der Waals surface area contributed by atoms with Crippen molar-refractivity contribution in [1.82, 2.24) is 4.98 Å². The molecule has 0 aliphatic carbocycles. The van der Waals surface area contributed by atoms with Crippen LogP contribution >= 0.6 is 0 Å². The lowest BCUT2D eigenvalue weighted by atomic mass is 10.1. The predicted octanol–water partition coefficient (Wildman–Crippen LogP) is 1.10. The SMILES string of the molecule is CC(C)(N)CNc1ccnc(C#N)c1. The fourth-order valence-electron chi connectivity index (χ4n) is 0.932. The molecule has 0 spiro atoms. The molecule has 0 atom stereocenters. The van der Waals surface area contributed by atoms with E-state index in [2.05, 4.69) is 10.3 Å². The lowest BCUT2D eigenvalue weighted by Gasteiger charge is -2.19. The third-order valence-electron chi connectivity index (χ3n) is 1.62. The molecule has 0 aliphatic heterocycles. The summed E-state index contributed by atoms with van der Waals surface area (Å²) < 4.78 is 0. The summed E-state index contributed by atoms with van der Waals surface area (Å²) in [7, 11) is 0. The highest BCUT2D eigenvalue weighted by Gasteiger charge is 2.09. The lowest BCUT2D eigenvalue weighted by Crippen LogP contribution is -2.39. The number of hydrogen-bond acceptors (Lipinski definition) is 4. The first kappa shape index (κ1) is 10.5. The fourth-order valence-corrected chi connectivity index (χ4v) is 0.932. The van der Waals surface area contributed by atoms with Crippen LogP contribution in [0.3, 0.4) is 0 Å². The Morgan fingerprint density at radius 1 is 1.64 bits per heavy atom. The van der Waals surface area contributed by atoms with Gasteiger partial charge in [-0.25, -0.2) is 4.98 Å². The minimum Gasteiger partial charge on any atom is -0.383 e. The van der Waals surface area contributed by atoms with Gasteiger partial charge in [-0.2, -0.15) is 5.26 Å². The van der Waals surface area contributed by atoms with E-state index in [9.17, 15) is 0 Å². The van der Waals surface area contributed by atoms with Crippen LogP contribution in [0.1, 0.15) is 19.5 Å². The summed E-state index contributed by atoms with van der Waals surface area (Å²) in [5, 5.41) is 11.8. The summed E-state index contributed by atoms with van der Waals surface area (Å²) in [6, 6.07) is 5.49. The Bertz CT molecular complexity index is 346. The smallest absolute Gasteiger partial charge is 0.142 e. The second-order valence-electron chi connectivity index (χ2n) is 3.88. The Hall–Kier alpha value is -1.60. The normalized spacial score (nSPS) is 10.7. The minimum atomic E-state index is -0.268. The van der Waals surface area contributed by atoms with Crippen molar-refractivity contribution in [3.63, 3.8) is 0 Å². The van der Waals surface area contributed by atoms with Crippen LogP contribution in [0, 0.1) is 11.3 Å². The maximum atomic E-state index is 8.63. The van der Waals surface area contributed by atoms with Crippen molar-refractivity contribution in [1.29, 1.82) is 5.26 Å². The van der Waals surface area contributed by atoms with Crippen molar-refractivity contribution >= 4 is 5.69 Å². The first-order chi connectivity index (χ1) is 6.51. The number of hydrogen-bond donors (Lipinski definition) is 2. The van der Waals surface area contributed by atoms with Gasteiger partial charge in [0.15, 0.2) is 0 Å². The maximum Gasteiger partial charge on any atom is 0.142 e. The Labute approximate surface area is 83.8 Å².